The number of aromatic nitrogens is 4. The molecule has 4 aromatic rings. The third-order valence-electron chi connectivity index (χ3n) is 4.82. The predicted molar refractivity (Wildman–Crippen MR) is 117 cm³/mol. The van der Waals surface area contributed by atoms with Crippen LogP contribution < -0.4 is 10.3 Å². The van der Waals surface area contributed by atoms with Gasteiger partial charge in [0.1, 0.15) is 11.6 Å². The van der Waals surface area contributed by atoms with E-state index in [-0.39, 0.29) is 11.4 Å². The summed E-state index contributed by atoms with van der Waals surface area (Å²) in [5, 5.41) is 10.1. The second-order valence-corrected chi connectivity index (χ2v) is 8.01. The normalized spacial score (nSPS) is 11.4. The minimum atomic E-state index is -0.277. The molecule has 6 nitrogen and oxygen atoms in total. The van der Waals surface area contributed by atoms with Crippen molar-refractivity contribution in [2.75, 3.05) is 12.4 Å². The molecule has 0 amide bonds. The second-order valence-electron chi connectivity index (χ2n) is 6.95. The third kappa shape index (κ3) is 4.18. The van der Waals surface area contributed by atoms with Crippen molar-refractivity contribution in [3.05, 3.63) is 64.7 Å². The van der Waals surface area contributed by atoms with E-state index < -0.39 is 0 Å². The van der Waals surface area contributed by atoms with Crippen molar-refractivity contribution in [1.82, 2.24) is 19.2 Å². The lowest BCUT2D eigenvalue weighted by atomic mass is 10.2. The molecule has 0 fully saturated rings. The Morgan fingerprint density at radius 2 is 1.87 bits per heavy atom. The van der Waals surface area contributed by atoms with Crippen LogP contribution in [-0.2, 0) is 6.54 Å². The van der Waals surface area contributed by atoms with Crippen LogP contribution in [0.25, 0.3) is 16.7 Å². The molecule has 8 heteroatoms. The fraction of sp³-hybridized carbons (Fsp3) is 0.318. The summed E-state index contributed by atoms with van der Waals surface area (Å²) < 4.78 is 22.3. The maximum Gasteiger partial charge on any atom is 0.262 e. The summed E-state index contributed by atoms with van der Waals surface area (Å²) in [6.45, 7) is 3.25. The molecule has 30 heavy (non-hydrogen) atoms. The maximum atomic E-state index is 13.0. The van der Waals surface area contributed by atoms with Crippen molar-refractivity contribution in [2.45, 2.75) is 37.9 Å². The number of hydrogen-bond donors (Lipinski definition) is 0. The summed E-state index contributed by atoms with van der Waals surface area (Å²) >= 11 is 1.58. The van der Waals surface area contributed by atoms with Crippen LogP contribution in [0.2, 0.25) is 0 Å². The van der Waals surface area contributed by atoms with Crippen LogP contribution in [0.5, 0.6) is 5.75 Å². The van der Waals surface area contributed by atoms with Gasteiger partial charge < -0.3 is 4.74 Å². The molecule has 0 saturated heterocycles. The number of benzene rings is 2. The lowest BCUT2D eigenvalue weighted by Crippen LogP contribution is -2.23. The van der Waals surface area contributed by atoms with Gasteiger partial charge in [-0.25, -0.2) is 4.39 Å². The SMILES string of the molecule is CCCCn1c(=O)c2ccccc2n2c(SCCCOc3ccc(F)cc3)nnc12. The van der Waals surface area contributed by atoms with Gasteiger partial charge in [-0.2, -0.15) is 0 Å². The van der Waals surface area contributed by atoms with Crippen molar-refractivity contribution in [3.63, 3.8) is 0 Å². The highest BCUT2D eigenvalue weighted by Gasteiger charge is 2.16. The Morgan fingerprint density at radius 3 is 2.67 bits per heavy atom. The lowest BCUT2D eigenvalue weighted by Gasteiger charge is -2.11. The molecule has 0 spiro atoms. The van der Waals surface area contributed by atoms with Crippen LogP contribution in [0, 0.1) is 5.82 Å². The average molecular weight is 427 g/mol. The number of ether oxygens (including phenoxy) is 1. The summed E-state index contributed by atoms with van der Waals surface area (Å²) in [6, 6.07) is 13.6. The zero-order chi connectivity index (χ0) is 20.9. The molecule has 0 N–H and O–H groups in total. The first kappa shape index (κ1) is 20.4. The van der Waals surface area contributed by atoms with Crippen molar-refractivity contribution in [3.8, 4) is 5.75 Å². The molecular weight excluding hydrogens is 403 g/mol. The molecular formula is C22H23FN4O2S. The molecule has 0 aliphatic heterocycles. The number of thioether (sulfide) groups is 1. The van der Waals surface area contributed by atoms with Gasteiger partial charge in [-0.05, 0) is 49.2 Å². The van der Waals surface area contributed by atoms with Crippen molar-refractivity contribution >= 4 is 28.4 Å². The van der Waals surface area contributed by atoms with E-state index in [1.54, 1.807) is 28.5 Å². The van der Waals surface area contributed by atoms with E-state index >= 15 is 0 Å². The fourth-order valence-electron chi connectivity index (χ4n) is 3.29. The van der Waals surface area contributed by atoms with E-state index in [0.717, 1.165) is 35.7 Å². The predicted octanol–water partition coefficient (Wildman–Crippen LogP) is 4.54. The van der Waals surface area contributed by atoms with Crippen LogP contribution in [0.1, 0.15) is 26.2 Å². The minimum absolute atomic E-state index is 0.0248. The van der Waals surface area contributed by atoms with Gasteiger partial charge in [-0.1, -0.05) is 37.2 Å². The monoisotopic (exact) mass is 426 g/mol. The van der Waals surface area contributed by atoms with Crippen molar-refractivity contribution in [2.24, 2.45) is 0 Å². The third-order valence-corrected chi connectivity index (χ3v) is 5.83. The summed E-state index contributed by atoms with van der Waals surface area (Å²) in [4.78, 5) is 12.9. The van der Waals surface area contributed by atoms with Gasteiger partial charge in [0.15, 0.2) is 5.16 Å². The zero-order valence-corrected chi connectivity index (χ0v) is 17.6. The second kappa shape index (κ2) is 9.30. The van der Waals surface area contributed by atoms with Gasteiger partial charge in [0.25, 0.3) is 5.56 Å². The maximum absolute atomic E-state index is 13.0. The molecule has 2 aromatic carbocycles. The Kier molecular flexibility index (Phi) is 6.32. The van der Waals surface area contributed by atoms with E-state index in [9.17, 15) is 9.18 Å². The summed E-state index contributed by atoms with van der Waals surface area (Å²) in [7, 11) is 0. The molecule has 0 aliphatic rings. The van der Waals surface area contributed by atoms with Crippen LogP contribution in [0.4, 0.5) is 4.39 Å². The van der Waals surface area contributed by atoms with Crippen LogP contribution in [0.3, 0.4) is 0 Å². The smallest absolute Gasteiger partial charge is 0.262 e. The fourth-order valence-corrected chi connectivity index (χ4v) is 4.14. The first-order valence-electron chi connectivity index (χ1n) is 10.1. The number of aryl methyl sites for hydroxylation is 1. The average Bonchev–Trinajstić information content (AvgIpc) is 3.19. The van der Waals surface area contributed by atoms with Gasteiger partial charge >= 0.3 is 0 Å². The largest absolute Gasteiger partial charge is 0.494 e. The topological polar surface area (TPSA) is 61.4 Å². The lowest BCUT2D eigenvalue weighted by molar-refractivity contribution is 0.318. The van der Waals surface area contributed by atoms with E-state index in [4.69, 9.17) is 4.74 Å². The van der Waals surface area contributed by atoms with Crippen LogP contribution in [0.15, 0.2) is 58.5 Å². The van der Waals surface area contributed by atoms with E-state index in [1.165, 1.54) is 12.1 Å². The minimum Gasteiger partial charge on any atom is -0.494 e. The molecule has 0 radical (unpaired) electrons. The number of unbranched alkanes of at least 4 members (excludes halogenated alkanes) is 1. The number of para-hydroxylation sites is 1. The Hall–Kier alpha value is -2.87. The number of halogens is 1. The van der Waals surface area contributed by atoms with Gasteiger partial charge in [0.05, 0.1) is 17.5 Å². The number of fused-ring (bicyclic) bond motifs is 3. The molecule has 0 saturated carbocycles. The molecule has 2 heterocycles. The van der Waals surface area contributed by atoms with E-state index in [0.29, 0.717) is 30.1 Å². The summed E-state index contributed by atoms with van der Waals surface area (Å²) in [6.07, 6.45) is 2.70. The van der Waals surface area contributed by atoms with Crippen LogP contribution >= 0.6 is 11.8 Å². The number of rotatable bonds is 9. The zero-order valence-electron chi connectivity index (χ0n) is 16.8. The van der Waals surface area contributed by atoms with E-state index in [2.05, 4.69) is 17.1 Å². The van der Waals surface area contributed by atoms with Crippen LogP contribution in [-0.4, -0.2) is 31.5 Å². The number of nitrogens with zero attached hydrogens (tertiary/aromatic N) is 4. The Balaban J connectivity index is 1.52. The van der Waals surface area contributed by atoms with E-state index in [1.807, 2.05) is 28.7 Å². The van der Waals surface area contributed by atoms with Gasteiger partial charge in [-0.15, -0.1) is 10.2 Å². The first-order chi connectivity index (χ1) is 14.7. The highest BCUT2D eigenvalue weighted by atomic mass is 32.2. The van der Waals surface area contributed by atoms with Gasteiger partial charge in [-0.3, -0.25) is 13.8 Å². The van der Waals surface area contributed by atoms with Gasteiger partial charge in [0, 0.05) is 12.3 Å². The number of hydrogen-bond acceptors (Lipinski definition) is 5. The molecule has 156 valence electrons. The molecule has 0 atom stereocenters. The van der Waals surface area contributed by atoms with Gasteiger partial charge in [0.2, 0.25) is 5.78 Å². The molecule has 0 bridgehead atoms. The molecule has 0 aliphatic carbocycles. The molecule has 4 rings (SSSR count). The van der Waals surface area contributed by atoms with Crippen molar-refractivity contribution < 1.29 is 9.13 Å². The highest BCUT2D eigenvalue weighted by Crippen LogP contribution is 2.22. The first-order valence-corrected chi connectivity index (χ1v) is 11.1. The molecule has 0 unspecified atom stereocenters. The quantitative estimate of drug-likeness (QED) is 0.290. The standard InChI is InChI=1S/C22H23FN4O2S/c1-2-3-13-26-20(28)18-7-4-5-8-19(18)27-21(26)24-25-22(27)30-15-6-14-29-17-11-9-16(23)10-12-17/h4-5,7-12H,2-3,6,13-15H2,1H3. The molecule has 2 aromatic heterocycles. The summed E-state index contributed by atoms with van der Waals surface area (Å²) in [5.41, 5.74) is 0.795. The Morgan fingerprint density at radius 1 is 1.07 bits per heavy atom. The Labute approximate surface area is 177 Å². The summed E-state index contributed by atoms with van der Waals surface area (Å²) in [5.74, 6) is 1.74. The Bertz CT molecular complexity index is 1200. The highest BCUT2D eigenvalue weighted by molar-refractivity contribution is 7.99. The van der Waals surface area contributed by atoms with Crippen molar-refractivity contribution in [1.29, 1.82) is 0 Å².